The number of methoxy groups -OCH3 is 1. The number of carbonyl (C=O) groups is 2. The molecule has 0 atom stereocenters. The normalized spacial score (nSPS) is 11.0. The summed E-state index contributed by atoms with van der Waals surface area (Å²) in [6.45, 7) is 4.20. The fourth-order valence-corrected chi connectivity index (χ4v) is 3.91. The smallest absolute Gasteiger partial charge is 0.298 e. The molecule has 0 unspecified atom stereocenters. The van der Waals surface area contributed by atoms with Crippen molar-refractivity contribution >= 4 is 34.5 Å². The van der Waals surface area contributed by atoms with Crippen molar-refractivity contribution in [3.8, 4) is 16.9 Å². The number of carbonyl (C=O) groups excluding carboxylic acids is 2. The van der Waals surface area contributed by atoms with Gasteiger partial charge in [0.25, 0.3) is 11.7 Å². The molecule has 0 fully saturated rings. The highest BCUT2D eigenvalue weighted by Gasteiger charge is 2.25. The second-order valence-electron chi connectivity index (χ2n) is 7.81. The largest absolute Gasteiger partial charge is 0.495 e. The number of benzene rings is 2. The van der Waals surface area contributed by atoms with E-state index in [9.17, 15) is 9.59 Å². The van der Waals surface area contributed by atoms with Gasteiger partial charge in [-0.1, -0.05) is 49.7 Å². The Morgan fingerprint density at radius 3 is 2.41 bits per heavy atom. The summed E-state index contributed by atoms with van der Waals surface area (Å²) < 4.78 is 6.95. The molecule has 0 bridgehead atoms. The summed E-state index contributed by atoms with van der Waals surface area (Å²) in [6, 6.07) is 20.2. The van der Waals surface area contributed by atoms with Gasteiger partial charge in [0.2, 0.25) is 0 Å². The molecule has 0 saturated carbocycles. The van der Waals surface area contributed by atoms with Gasteiger partial charge in [-0.25, -0.2) is 0 Å². The predicted molar refractivity (Wildman–Crippen MR) is 128 cm³/mol. The van der Waals surface area contributed by atoms with E-state index in [1.54, 1.807) is 42.0 Å². The van der Waals surface area contributed by atoms with Crippen molar-refractivity contribution in [1.29, 1.82) is 0 Å². The van der Waals surface area contributed by atoms with E-state index in [0.717, 1.165) is 16.6 Å². The van der Waals surface area contributed by atoms with Crippen LogP contribution in [0.3, 0.4) is 0 Å². The van der Waals surface area contributed by atoms with E-state index in [-0.39, 0.29) is 5.69 Å². The van der Waals surface area contributed by atoms with Crippen molar-refractivity contribution < 1.29 is 14.3 Å². The molecule has 2 heterocycles. The number of nitrogens with zero attached hydrogens (tertiary/aromatic N) is 1. The zero-order chi connectivity index (χ0) is 22.8. The Balaban J connectivity index is 1.72. The van der Waals surface area contributed by atoms with Crippen molar-refractivity contribution in [2.24, 2.45) is 0 Å². The highest BCUT2D eigenvalue weighted by molar-refractivity contribution is 6.47. The van der Waals surface area contributed by atoms with E-state index in [4.69, 9.17) is 16.3 Å². The maximum Gasteiger partial charge on any atom is 0.298 e. The first-order valence-electron chi connectivity index (χ1n) is 10.3. The quantitative estimate of drug-likeness (QED) is 0.283. The molecular formula is C26H23ClN2O3. The van der Waals surface area contributed by atoms with Crippen LogP contribution in [0.25, 0.3) is 16.6 Å². The van der Waals surface area contributed by atoms with E-state index in [0.29, 0.717) is 27.9 Å². The molecule has 4 rings (SSSR count). The Labute approximate surface area is 191 Å². The van der Waals surface area contributed by atoms with E-state index >= 15 is 0 Å². The Bertz CT molecular complexity index is 1310. The average Bonchev–Trinajstić information content (AvgIpc) is 3.18. The lowest BCUT2D eigenvalue weighted by molar-refractivity contribution is -0.112. The van der Waals surface area contributed by atoms with E-state index in [1.807, 2.05) is 42.5 Å². The number of aromatic nitrogens is 1. The van der Waals surface area contributed by atoms with Gasteiger partial charge in [-0.2, -0.15) is 0 Å². The van der Waals surface area contributed by atoms with Gasteiger partial charge in [0.15, 0.2) is 0 Å². The van der Waals surface area contributed by atoms with Gasteiger partial charge in [-0.3, -0.25) is 9.59 Å². The van der Waals surface area contributed by atoms with Crippen molar-refractivity contribution in [3.63, 3.8) is 0 Å². The maximum absolute atomic E-state index is 13.3. The van der Waals surface area contributed by atoms with Crippen LogP contribution in [0.5, 0.6) is 5.75 Å². The minimum Gasteiger partial charge on any atom is -0.495 e. The van der Waals surface area contributed by atoms with E-state index in [2.05, 4.69) is 19.2 Å². The number of pyridine rings is 1. The molecule has 5 nitrogen and oxygen atoms in total. The van der Waals surface area contributed by atoms with Crippen LogP contribution in [0, 0.1) is 0 Å². The number of amides is 1. The molecule has 0 aliphatic carbocycles. The minimum absolute atomic E-state index is 0.276. The molecule has 0 spiro atoms. The van der Waals surface area contributed by atoms with Crippen LogP contribution in [0.1, 0.15) is 35.8 Å². The van der Waals surface area contributed by atoms with Gasteiger partial charge in [0, 0.05) is 23.0 Å². The second kappa shape index (κ2) is 8.89. The van der Waals surface area contributed by atoms with Crippen LogP contribution in [-0.4, -0.2) is 23.2 Å². The molecule has 2 aromatic heterocycles. The molecule has 6 heteroatoms. The molecule has 0 radical (unpaired) electrons. The molecular weight excluding hydrogens is 424 g/mol. The predicted octanol–water partition coefficient (Wildman–Crippen LogP) is 6.21. The first-order valence-corrected chi connectivity index (χ1v) is 10.7. The molecule has 162 valence electrons. The number of anilines is 1. The number of hydrogen-bond donors (Lipinski definition) is 1. The molecule has 1 amide bonds. The van der Waals surface area contributed by atoms with Gasteiger partial charge < -0.3 is 14.5 Å². The van der Waals surface area contributed by atoms with Crippen molar-refractivity contribution in [1.82, 2.24) is 4.40 Å². The van der Waals surface area contributed by atoms with Gasteiger partial charge in [0.1, 0.15) is 11.4 Å². The van der Waals surface area contributed by atoms with Crippen molar-refractivity contribution in [2.45, 2.75) is 19.8 Å². The van der Waals surface area contributed by atoms with Crippen LogP contribution < -0.4 is 10.1 Å². The Hall–Kier alpha value is -3.57. The Morgan fingerprint density at radius 1 is 1.00 bits per heavy atom. The summed E-state index contributed by atoms with van der Waals surface area (Å²) in [5.74, 6) is -0.417. The minimum atomic E-state index is -0.702. The van der Waals surface area contributed by atoms with Gasteiger partial charge in [0.05, 0.1) is 12.1 Å². The Kier molecular flexibility index (Phi) is 6.01. The molecule has 4 aromatic rings. The SMILES string of the molecule is COc1ccc(-c2cc3ccccn3c2C(=O)C(=O)Nc2ccc(C(C)C)cc2)cc1Cl. The first kappa shape index (κ1) is 21.7. The monoisotopic (exact) mass is 446 g/mol. The number of ether oxygens (including phenoxy) is 1. The molecule has 2 aromatic carbocycles. The Morgan fingerprint density at radius 2 is 1.75 bits per heavy atom. The number of halogens is 1. The zero-order valence-corrected chi connectivity index (χ0v) is 18.8. The number of ketones is 1. The lowest BCUT2D eigenvalue weighted by atomic mass is 10.0. The van der Waals surface area contributed by atoms with Crippen LogP contribution in [0.2, 0.25) is 5.02 Å². The molecule has 0 aliphatic heterocycles. The fraction of sp³-hybridized carbons (Fsp3) is 0.154. The third kappa shape index (κ3) is 4.12. The van der Waals surface area contributed by atoms with Crippen LogP contribution in [-0.2, 0) is 4.79 Å². The standard InChI is InChI=1S/C26H23ClN2O3/c1-16(2)17-7-10-19(11-8-17)28-26(31)25(30)24-21(15-20-6-4-5-13-29(20)24)18-9-12-23(32-3)22(27)14-18/h4-16H,1-3H3,(H,28,31). The topological polar surface area (TPSA) is 59.8 Å². The summed E-state index contributed by atoms with van der Waals surface area (Å²) in [7, 11) is 1.54. The number of fused-ring (bicyclic) bond motifs is 1. The summed E-state index contributed by atoms with van der Waals surface area (Å²) in [4.78, 5) is 26.2. The van der Waals surface area contributed by atoms with Gasteiger partial charge in [-0.15, -0.1) is 0 Å². The first-order chi connectivity index (χ1) is 15.4. The average molecular weight is 447 g/mol. The zero-order valence-electron chi connectivity index (χ0n) is 18.1. The lowest BCUT2D eigenvalue weighted by Gasteiger charge is -2.10. The van der Waals surface area contributed by atoms with Crippen LogP contribution in [0.4, 0.5) is 5.69 Å². The van der Waals surface area contributed by atoms with Crippen LogP contribution >= 0.6 is 11.6 Å². The number of nitrogens with one attached hydrogen (secondary N) is 1. The summed E-state index contributed by atoms with van der Waals surface area (Å²) in [6.07, 6.45) is 1.77. The number of hydrogen-bond acceptors (Lipinski definition) is 3. The van der Waals surface area contributed by atoms with Crippen molar-refractivity contribution in [2.75, 3.05) is 12.4 Å². The molecule has 1 N–H and O–H groups in total. The third-order valence-corrected chi connectivity index (χ3v) is 5.69. The maximum atomic E-state index is 13.3. The fourth-order valence-electron chi connectivity index (χ4n) is 3.66. The van der Waals surface area contributed by atoms with E-state index in [1.165, 1.54) is 0 Å². The number of Topliss-reactive ketones (excluding diaryl/α,β-unsaturated/α-hetero) is 1. The van der Waals surface area contributed by atoms with Crippen LogP contribution in [0.15, 0.2) is 72.9 Å². The number of rotatable bonds is 6. The second-order valence-corrected chi connectivity index (χ2v) is 8.22. The molecule has 0 saturated heterocycles. The van der Waals surface area contributed by atoms with Crippen molar-refractivity contribution in [3.05, 3.63) is 89.2 Å². The molecule has 32 heavy (non-hydrogen) atoms. The highest BCUT2D eigenvalue weighted by atomic mass is 35.5. The third-order valence-electron chi connectivity index (χ3n) is 5.40. The van der Waals surface area contributed by atoms with Gasteiger partial charge >= 0.3 is 0 Å². The highest BCUT2D eigenvalue weighted by Crippen LogP contribution is 2.34. The molecule has 0 aliphatic rings. The lowest BCUT2D eigenvalue weighted by Crippen LogP contribution is -2.24. The van der Waals surface area contributed by atoms with Gasteiger partial charge in [-0.05, 0) is 59.5 Å². The summed E-state index contributed by atoms with van der Waals surface area (Å²) in [5, 5.41) is 3.15. The summed E-state index contributed by atoms with van der Waals surface area (Å²) >= 11 is 6.32. The van der Waals surface area contributed by atoms with E-state index < -0.39 is 11.7 Å². The summed E-state index contributed by atoms with van der Waals surface area (Å²) in [5.41, 5.74) is 4.14.